The molecule has 0 spiro atoms. The van der Waals surface area contributed by atoms with Gasteiger partial charge < -0.3 is 4.74 Å². The van der Waals surface area contributed by atoms with Gasteiger partial charge in [-0.1, -0.05) is 24.3 Å². The predicted molar refractivity (Wildman–Crippen MR) is 84.8 cm³/mol. The SMILES string of the molecule is CC1CN(S(=O)(=O)Cc2cccc(CCl)c2)CC(C)(C)O1. The molecular weight excluding hydrogens is 310 g/mol. The van der Waals surface area contributed by atoms with Crippen molar-refractivity contribution in [3.8, 4) is 0 Å². The molecule has 0 radical (unpaired) electrons. The van der Waals surface area contributed by atoms with Crippen LogP contribution in [0, 0.1) is 0 Å². The molecule has 0 aromatic heterocycles. The summed E-state index contributed by atoms with van der Waals surface area (Å²) in [4.78, 5) is 0. The van der Waals surface area contributed by atoms with E-state index >= 15 is 0 Å². The van der Waals surface area contributed by atoms with Gasteiger partial charge in [-0.25, -0.2) is 8.42 Å². The van der Waals surface area contributed by atoms with Gasteiger partial charge in [0.1, 0.15) is 0 Å². The summed E-state index contributed by atoms with van der Waals surface area (Å²) in [7, 11) is -3.36. The van der Waals surface area contributed by atoms with Crippen molar-refractivity contribution in [1.82, 2.24) is 4.31 Å². The molecule has 1 heterocycles. The topological polar surface area (TPSA) is 46.6 Å². The molecule has 0 bridgehead atoms. The number of morpholine rings is 1. The molecule has 118 valence electrons. The van der Waals surface area contributed by atoms with Crippen LogP contribution in [0.5, 0.6) is 0 Å². The molecule has 0 aliphatic carbocycles. The Bertz CT molecular complexity index is 601. The first-order valence-electron chi connectivity index (χ1n) is 7.01. The maximum absolute atomic E-state index is 12.6. The highest BCUT2D eigenvalue weighted by Gasteiger charge is 2.37. The van der Waals surface area contributed by atoms with Crippen LogP contribution < -0.4 is 0 Å². The van der Waals surface area contributed by atoms with Crippen LogP contribution in [-0.4, -0.2) is 37.5 Å². The Morgan fingerprint density at radius 3 is 2.67 bits per heavy atom. The Labute approximate surface area is 132 Å². The summed E-state index contributed by atoms with van der Waals surface area (Å²) >= 11 is 5.80. The average molecular weight is 332 g/mol. The monoisotopic (exact) mass is 331 g/mol. The molecule has 2 rings (SSSR count). The van der Waals surface area contributed by atoms with Gasteiger partial charge >= 0.3 is 0 Å². The molecule has 1 aliphatic heterocycles. The smallest absolute Gasteiger partial charge is 0.218 e. The molecule has 1 aromatic carbocycles. The van der Waals surface area contributed by atoms with E-state index in [4.69, 9.17) is 16.3 Å². The quantitative estimate of drug-likeness (QED) is 0.797. The van der Waals surface area contributed by atoms with Gasteiger partial charge in [0.2, 0.25) is 10.0 Å². The van der Waals surface area contributed by atoms with E-state index in [-0.39, 0.29) is 11.9 Å². The van der Waals surface area contributed by atoms with E-state index in [1.165, 1.54) is 4.31 Å². The van der Waals surface area contributed by atoms with Gasteiger partial charge in [-0.3, -0.25) is 0 Å². The minimum atomic E-state index is -3.36. The summed E-state index contributed by atoms with van der Waals surface area (Å²) in [6, 6.07) is 7.40. The Balaban J connectivity index is 2.17. The second-order valence-corrected chi connectivity index (χ2v) is 8.43. The number of rotatable bonds is 4. The molecular formula is C15H22ClNO3S. The lowest BCUT2D eigenvalue weighted by atomic mass is 10.1. The lowest BCUT2D eigenvalue weighted by molar-refractivity contribution is -0.109. The number of nitrogens with zero attached hydrogens (tertiary/aromatic N) is 1. The van der Waals surface area contributed by atoms with Gasteiger partial charge in [0, 0.05) is 19.0 Å². The highest BCUT2D eigenvalue weighted by atomic mass is 35.5. The van der Waals surface area contributed by atoms with Crippen molar-refractivity contribution in [1.29, 1.82) is 0 Å². The van der Waals surface area contributed by atoms with Crippen molar-refractivity contribution in [2.24, 2.45) is 0 Å². The van der Waals surface area contributed by atoms with Gasteiger partial charge in [0.15, 0.2) is 0 Å². The average Bonchev–Trinajstić information content (AvgIpc) is 2.36. The summed E-state index contributed by atoms with van der Waals surface area (Å²) in [6.07, 6.45) is -0.0994. The van der Waals surface area contributed by atoms with Crippen molar-refractivity contribution >= 4 is 21.6 Å². The number of hydrogen-bond donors (Lipinski definition) is 0. The molecule has 1 atom stereocenters. The first-order valence-corrected chi connectivity index (χ1v) is 9.16. The molecule has 1 unspecified atom stereocenters. The number of benzene rings is 1. The molecule has 1 fully saturated rings. The van der Waals surface area contributed by atoms with Gasteiger partial charge in [-0.15, -0.1) is 11.6 Å². The van der Waals surface area contributed by atoms with Crippen LogP contribution in [0.25, 0.3) is 0 Å². The second kappa shape index (κ2) is 6.24. The number of halogens is 1. The zero-order valence-corrected chi connectivity index (χ0v) is 14.2. The van der Waals surface area contributed by atoms with Crippen LogP contribution in [-0.2, 0) is 26.4 Å². The van der Waals surface area contributed by atoms with Crippen molar-refractivity contribution in [2.75, 3.05) is 13.1 Å². The van der Waals surface area contributed by atoms with E-state index in [9.17, 15) is 8.42 Å². The summed E-state index contributed by atoms with van der Waals surface area (Å²) < 4.78 is 32.5. The predicted octanol–water partition coefficient (Wildman–Crippen LogP) is 2.75. The Hall–Kier alpha value is -0.620. The van der Waals surface area contributed by atoms with E-state index in [0.717, 1.165) is 11.1 Å². The summed E-state index contributed by atoms with van der Waals surface area (Å²) in [5.41, 5.74) is 1.24. The lowest BCUT2D eigenvalue weighted by Crippen LogP contribution is -2.53. The van der Waals surface area contributed by atoms with E-state index in [1.807, 2.05) is 45.0 Å². The molecule has 1 aromatic rings. The largest absolute Gasteiger partial charge is 0.370 e. The Morgan fingerprint density at radius 2 is 2.05 bits per heavy atom. The molecule has 1 aliphatic rings. The molecule has 0 amide bonds. The molecule has 4 nitrogen and oxygen atoms in total. The highest BCUT2D eigenvalue weighted by molar-refractivity contribution is 7.88. The summed E-state index contributed by atoms with van der Waals surface area (Å²) in [6.45, 7) is 6.52. The number of alkyl halides is 1. The third-order valence-corrected chi connectivity index (χ3v) is 5.50. The van der Waals surface area contributed by atoms with Crippen molar-refractivity contribution in [3.63, 3.8) is 0 Å². The van der Waals surface area contributed by atoms with E-state index in [0.29, 0.717) is 19.0 Å². The molecule has 21 heavy (non-hydrogen) atoms. The second-order valence-electron chi connectivity index (χ2n) is 6.19. The van der Waals surface area contributed by atoms with Gasteiger partial charge in [-0.05, 0) is 31.9 Å². The minimum Gasteiger partial charge on any atom is -0.370 e. The van der Waals surface area contributed by atoms with Gasteiger partial charge in [-0.2, -0.15) is 4.31 Å². The third-order valence-electron chi connectivity index (χ3n) is 3.43. The van der Waals surface area contributed by atoms with E-state index in [1.54, 1.807) is 0 Å². The van der Waals surface area contributed by atoms with E-state index < -0.39 is 15.6 Å². The Morgan fingerprint density at radius 1 is 1.38 bits per heavy atom. The number of hydrogen-bond acceptors (Lipinski definition) is 3. The molecule has 1 saturated heterocycles. The summed E-state index contributed by atoms with van der Waals surface area (Å²) in [5, 5.41) is 0. The van der Waals surface area contributed by atoms with Crippen LogP contribution in [0.1, 0.15) is 31.9 Å². The Kier molecular flexibility index (Phi) is 4.98. The fourth-order valence-corrected chi connectivity index (χ4v) is 4.61. The zero-order valence-electron chi connectivity index (χ0n) is 12.7. The fourth-order valence-electron chi connectivity index (χ4n) is 2.71. The minimum absolute atomic E-state index is 0.000525. The number of sulfonamides is 1. The van der Waals surface area contributed by atoms with Gasteiger partial charge in [0.05, 0.1) is 17.5 Å². The summed E-state index contributed by atoms with van der Waals surface area (Å²) in [5.74, 6) is 0.385. The normalized spacial score (nSPS) is 23.1. The maximum Gasteiger partial charge on any atom is 0.218 e. The van der Waals surface area contributed by atoms with Gasteiger partial charge in [0.25, 0.3) is 0 Å². The molecule has 0 N–H and O–H groups in total. The van der Waals surface area contributed by atoms with Crippen LogP contribution in [0.15, 0.2) is 24.3 Å². The van der Waals surface area contributed by atoms with Crippen LogP contribution in [0.4, 0.5) is 0 Å². The third kappa shape index (κ3) is 4.42. The molecule has 0 saturated carbocycles. The van der Waals surface area contributed by atoms with Crippen LogP contribution in [0.2, 0.25) is 0 Å². The zero-order chi connectivity index (χ0) is 15.7. The number of ether oxygens (including phenoxy) is 1. The first kappa shape index (κ1) is 16.7. The van der Waals surface area contributed by atoms with Crippen molar-refractivity contribution in [3.05, 3.63) is 35.4 Å². The van der Waals surface area contributed by atoms with Crippen LogP contribution >= 0.6 is 11.6 Å². The van der Waals surface area contributed by atoms with Crippen LogP contribution in [0.3, 0.4) is 0 Å². The first-order chi connectivity index (χ1) is 9.72. The maximum atomic E-state index is 12.6. The van der Waals surface area contributed by atoms with Crippen molar-refractivity contribution < 1.29 is 13.2 Å². The highest BCUT2D eigenvalue weighted by Crippen LogP contribution is 2.24. The fraction of sp³-hybridized carbons (Fsp3) is 0.600. The van der Waals surface area contributed by atoms with Crippen molar-refractivity contribution in [2.45, 2.75) is 44.1 Å². The lowest BCUT2D eigenvalue weighted by Gasteiger charge is -2.40. The molecule has 6 heteroatoms. The van der Waals surface area contributed by atoms with E-state index in [2.05, 4.69) is 0 Å². The standard InChI is InChI=1S/C15H22ClNO3S/c1-12-9-17(11-15(2,3)20-12)21(18,19)10-14-6-4-5-13(7-14)8-16/h4-7,12H,8-11H2,1-3H3.